The van der Waals surface area contributed by atoms with Crippen molar-refractivity contribution in [2.75, 3.05) is 11.1 Å². The second kappa shape index (κ2) is 5.74. The molecule has 1 heterocycles. The molecule has 0 aliphatic heterocycles. The Morgan fingerprint density at radius 1 is 1.32 bits per heavy atom. The zero-order valence-electron chi connectivity index (χ0n) is 9.65. The van der Waals surface area contributed by atoms with Crippen LogP contribution in [0.15, 0.2) is 34.8 Å². The molecule has 2 rings (SSSR count). The van der Waals surface area contributed by atoms with Crippen LogP contribution in [0, 0.1) is 3.57 Å². The van der Waals surface area contributed by atoms with Gasteiger partial charge in [-0.25, -0.2) is 4.98 Å². The summed E-state index contributed by atoms with van der Waals surface area (Å²) in [6, 6.07) is 8.82. The van der Waals surface area contributed by atoms with E-state index in [1.54, 1.807) is 6.07 Å². The lowest BCUT2D eigenvalue weighted by Gasteiger charge is -2.10. The monoisotopic (exact) mass is 432 g/mol. The summed E-state index contributed by atoms with van der Waals surface area (Å²) >= 11 is 5.63. The number of primary amides is 1. The number of aromatic nitrogens is 1. The fourth-order valence-electron chi connectivity index (χ4n) is 1.42. The summed E-state index contributed by atoms with van der Waals surface area (Å²) < 4.78 is 2.05. The van der Waals surface area contributed by atoms with Crippen LogP contribution >= 0.6 is 38.5 Å². The third kappa shape index (κ3) is 3.35. The molecule has 0 saturated heterocycles. The first-order valence-corrected chi connectivity index (χ1v) is 7.13. The lowest BCUT2D eigenvalue weighted by Crippen LogP contribution is -2.14. The number of anilines is 3. The second-order valence-electron chi connectivity index (χ2n) is 3.75. The van der Waals surface area contributed by atoms with E-state index in [2.05, 4.69) is 48.8 Å². The number of nitrogens with zero attached hydrogens (tertiary/aromatic N) is 1. The minimum Gasteiger partial charge on any atom is -0.396 e. The molecule has 0 atom stereocenters. The fourth-order valence-corrected chi connectivity index (χ4v) is 2.18. The average Bonchev–Trinajstić information content (AvgIpc) is 2.36. The summed E-state index contributed by atoms with van der Waals surface area (Å²) in [6.07, 6.45) is 0. The minimum atomic E-state index is -0.589. The number of hydrogen-bond donors (Lipinski definition) is 3. The lowest BCUT2D eigenvalue weighted by atomic mass is 10.3. The summed E-state index contributed by atoms with van der Waals surface area (Å²) in [7, 11) is 0. The summed E-state index contributed by atoms with van der Waals surface area (Å²) in [5.41, 5.74) is 12.5. The molecule has 5 N–H and O–H groups in total. The van der Waals surface area contributed by atoms with Crippen LogP contribution in [-0.2, 0) is 0 Å². The van der Waals surface area contributed by atoms with E-state index in [9.17, 15) is 4.79 Å². The number of nitrogens with one attached hydrogen (secondary N) is 1. The van der Waals surface area contributed by atoms with E-state index in [0.717, 1.165) is 13.7 Å². The van der Waals surface area contributed by atoms with Crippen LogP contribution in [0.4, 0.5) is 17.2 Å². The highest BCUT2D eigenvalue weighted by atomic mass is 127. The number of pyridine rings is 1. The van der Waals surface area contributed by atoms with Crippen molar-refractivity contribution in [3.63, 3.8) is 0 Å². The number of amides is 1. The Bertz CT molecular complexity index is 648. The smallest absolute Gasteiger partial charge is 0.267 e. The van der Waals surface area contributed by atoms with Crippen LogP contribution in [0.3, 0.4) is 0 Å². The molecule has 2 aromatic rings. The van der Waals surface area contributed by atoms with E-state index < -0.39 is 5.91 Å². The highest BCUT2D eigenvalue weighted by Crippen LogP contribution is 2.26. The van der Waals surface area contributed by atoms with Crippen molar-refractivity contribution >= 4 is 61.6 Å². The second-order valence-corrected chi connectivity index (χ2v) is 5.77. The van der Waals surface area contributed by atoms with Gasteiger partial charge in [-0.3, -0.25) is 4.79 Å². The molecule has 0 aliphatic carbocycles. The van der Waals surface area contributed by atoms with Crippen LogP contribution in [0.1, 0.15) is 10.5 Å². The van der Waals surface area contributed by atoms with E-state index in [-0.39, 0.29) is 5.69 Å². The molecular weight excluding hydrogens is 423 g/mol. The van der Waals surface area contributed by atoms with Gasteiger partial charge in [0.1, 0.15) is 5.69 Å². The number of benzene rings is 1. The van der Waals surface area contributed by atoms with Gasteiger partial charge in [-0.2, -0.15) is 0 Å². The van der Waals surface area contributed by atoms with E-state index in [0.29, 0.717) is 11.5 Å². The maximum Gasteiger partial charge on any atom is 0.267 e. The molecule has 0 radical (unpaired) electrons. The van der Waals surface area contributed by atoms with Crippen molar-refractivity contribution in [2.24, 2.45) is 5.73 Å². The van der Waals surface area contributed by atoms with Gasteiger partial charge in [0.2, 0.25) is 0 Å². The number of rotatable bonds is 3. The third-order valence-corrected chi connectivity index (χ3v) is 4.69. The SMILES string of the molecule is NC(=O)c1ccc(N)c(Nc2ccc(Br)c(I)c2)n1. The van der Waals surface area contributed by atoms with Crippen molar-refractivity contribution < 1.29 is 4.79 Å². The predicted molar refractivity (Wildman–Crippen MR) is 87.3 cm³/mol. The standard InChI is InChI=1S/C12H10BrIN4O/c13-7-2-1-6(5-8(7)14)17-12-9(15)3-4-10(18-12)11(16)19/h1-5H,15H2,(H2,16,19)(H,17,18). The number of halogens is 2. The molecule has 1 amide bonds. The summed E-state index contributed by atoms with van der Waals surface area (Å²) in [5, 5.41) is 3.07. The summed E-state index contributed by atoms with van der Waals surface area (Å²) in [4.78, 5) is 15.2. The molecule has 0 saturated carbocycles. The molecule has 19 heavy (non-hydrogen) atoms. The highest BCUT2D eigenvalue weighted by molar-refractivity contribution is 14.1. The number of hydrogen-bond acceptors (Lipinski definition) is 4. The molecule has 0 spiro atoms. The van der Waals surface area contributed by atoms with Crippen LogP contribution in [0.2, 0.25) is 0 Å². The van der Waals surface area contributed by atoms with Gasteiger partial charge in [-0.15, -0.1) is 0 Å². The Morgan fingerprint density at radius 3 is 2.68 bits per heavy atom. The van der Waals surface area contributed by atoms with Gasteiger partial charge in [0.25, 0.3) is 5.91 Å². The first-order valence-electron chi connectivity index (χ1n) is 5.26. The molecule has 1 aromatic carbocycles. The molecule has 0 bridgehead atoms. The van der Waals surface area contributed by atoms with Crippen LogP contribution in [-0.4, -0.2) is 10.9 Å². The van der Waals surface area contributed by atoms with Crippen LogP contribution in [0.25, 0.3) is 0 Å². The number of nitrogen functional groups attached to an aromatic ring is 1. The number of nitrogens with two attached hydrogens (primary N) is 2. The lowest BCUT2D eigenvalue weighted by molar-refractivity contribution is 0.0996. The normalized spacial score (nSPS) is 10.2. The van der Waals surface area contributed by atoms with Crippen molar-refractivity contribution in [3.05, 3.63) is 44.1 Å². The topological polar surface area (TPSA) is 94.0 Å². The molecule has 0 unspecified atom stereocenters. The van der Waals surface area contributed by atoms with E-state index in [1.807, 2.05) is 18.2 Å². The van der Waals surface area contributed by atoms with Crippen molar-refractivity contribution in [1.82, 2.24) is 4.98 Å². The van der Waals surface area contributed by atoms with Gasteiger partial charge in [-0.1, -0.05) is 0 Å². The minimum absolute atomic E-state index is 0.170. The van der Waals surface area contributed by atoms with Crippen LogP contribution < -0.4 is 16.8 Å². The Balaban J connectivity index is 2.34. The summed E-state index contributed by atoms with van der Waals surface area (Å²) in [6.45, 7) is 0. The third-order valence-electron chi connectivity index (χ3n) is 2.36. The Morgan fingerprint density at radius 2 is 2.05 bits per heavy atom. The molecular formula is C12H10BrIN4O. The Kier molecular flexibility index (Phi) is 4.25. The Hall–Kier alpha value is -1.35. The zero-order valence-corrected chi connectivity index (χ0v) is 13.4. The van der Waals surface area contributed by atoms with E-state index in [1.165, 1.54) is 6.07 Å². The maximum atomic E-state index is 11.1. The van der Waals surface area contributed by atoms with E-state index >= 15 is 0 Å². The van der Waals surface area contributed by atoms with Gasteiger partial charge in [0.05, 0.1) is 5.69 Å². The highest BCUT2D eigenvalue weighted by Gasteiger charge is 2.08. The molecule has 1 aromatic heterocycles. The van der Waals surface area contributed by atoms with Crippen molar-refractivity contribution in [2.45, 2.75) is 0 Å². The molecule has 0 fully saturated rings. The molecule has 5 nitrogen and oxygen atoms in total. The van der Waals surface area contributed by atoms with E-state index in [4.69, 9.17) is 11.5 Å². The van der Waals surface area contributed by atoms with Crippen LogP contribution in [0.5, 0.6) is 0 Å². The van der Waals surface area contributed by atoms with Gasteiger partial charge >= 0.3 is 0 Å². The predicted octanol–water partition coefficient (Wildman–Crippen LogP) is 2.87. The largest absolute Gasteiger partial charge is 0.396 e. The molecule has 7 heteroatoms. The fraction of sp³-hybridized carbons (Fsp3) is 0. The maximum absolute atomic E-state index is 11.1. The number of carbonyl (C=O) groups is 1. The van der Waals surface area contributed by atoms with Gasteiger partial charge in [0, 0.05) is 13.7 Å². The summed E-state index contributed by atoms with van der Waals surface area (Å²) in [5.74, 6) is -0.178. The van der Waals surface area contributed by atoms with Gasteiger partial charge in [0.15, 0.2) is 5.82 Å². The average molecular weight is 433 g/mol. The quantitative estimate of drug-likeness (QED) is 0.650. The zero-order chi connectivity index (χ0) is 14.0. The Labute approximate surface area is 132 Å². The molecule has 0 aliphatic rings. The molecule has 98 valence electrons. The van der Waals surface area contributed by atoms with Crippen molar-refractivity contribution in [1.29, 1.82) is 0 Å². The first kappa shape index (κ1) is 14.1. The number of carbonyl (C=O) groups excluding carboxylic acids is 1. The van der Waals surface area contributed by atoms with Gasteiger partial charge < -0.3 is 16.8 Å². The van der Waals surface area contributed by atoms with Crippen molar-refractivity contribution in [3.8, 4) is 0 Å². The first-order chi connectivity index (χ1) is 8.97. The van der Waals surface area contributed by atoms with Gasteiger partial charge in [-0.05, 0) is 68.9 Å².